The fourth-order valence-electron chi connectivity index (χ4n) is 1.92. The molecule has 0 spiro atoms. The van der Waals surface area contributed by atoms with E-state index in [0.29, 0.717) is 6.61 Å². The highest BCUT2D eigenvalue weighted by atomic mass is 16.4. The molecule has 2 N–H and O–H groups in total. The van der Waals surface area contributed by atoms with Crippen LogP contribution in [0.3, 0.4) is 0 Å². The molecule has 0 bridgehead atoms. The molecule has 0 heterocycles. The normalized spacial score (nSPS) is 11.8. The van der Waals surface area contributed by atoms with Crippen LogP contribution in [0.4, 0.5) is 0 Å². The second kappa shape index (κ2) is 12.6. The lowest BCUT2D eigenvalue weighted by Gasteiger charge is -2.02. The van der Waals surface area contributed by atoms with E-state index in [1.807, 2.05) is 0 Å². The van der Waals surface area contributed by atoms with E-state index in [4.69, 9.17) is 10.2 Å². The molecule has 0 fully saturated rings. The zero-order valence-electron chi connectivity index (χ0n) is 11.7. The minimum Gasteiger partial charge on any atom is -0.481 e. The molecule has 0 aromatic carbocycles. The average molecular weight is 256 g/mol. The summed E-state index contributed by atoms with van der Waals surface area (Å²) in [5.41, 5.74) is 1.42. The number of hydrogen-bond acceptors (Lipinski definition) is 2. The average Bonchev–Trinajstić information content (AvgIpc) is 2.33. The second-order valence-electron chi connectivity index (χ2n) is 4.93. The van der Waals surface area contributed by atoms with Gasteiger partial charge in [0, 0.05) is 13.0 Å². The Morgan fingerprint density at radius 1 is 0.944 bits per heavy atom. The smallest absolute Gasteiger partial charge is 0.303 e. The maximum Gasteiger partial charge on any atom is 0.303 e. The number of aliphatic carboxylic acids is 1. The third kappa shape index (κ3) is 13.2. The molecule has 0 unspecified atom stereocenters. The summed E-state index contributed by atoms with van der Waals surface area (Å²) in [5.74, 6) is -0.696. The maximum absolute atomic E-state index is 10.3. The Bertz CT molecular complexity index is 234. The SMILES string of the molecule is CC(=CCCCCC(=O)O)CCCCCCCO. The van der Waals surface area contributed by atoms with E-state index in [-0.39, 0.29) is 6.42 Å². The molecule has 0 aliphatic heterocycles. The lowest BCUT2D eigenvalue weighted by atomic mass is 10.0. The molecule has 0 atom stereocenters. The third-order valence-corrected chi connectivity index (χ3v) is 3.07. The van der Waals surface area contributed by atoms with Gasteiger partial charge in [0.1, 0.15) is 0 Å². The van der Waals surface area contributed by atoms with Gasteiger partial charge < -0.3 is 10.2 Å². The monoisotopic (exact) mass is 256 g/mol. The first-order valence-corrected chi connectivity index (χ1v) is 7.15. The van der Waals surface area contributed by atoms with E-state index in [1.165, 1.54) is 24.8 Å². The van der Waals surface area contributed by atoms with Crippen LogP contribution in [0.5, 0.6) is 0 Å². The van der Waals surface area contributed by atoms with Crippen molar-refractivity contribution in [2.75, 3.05) is 6.61 Å². The van der Waals surface area contributed by atoms with Crippen molar-refractivity contribution in [2.24, 2.45) is 0 Å². The molecule has 0 rings (SSSR count). The van der Waals surface area contributed by atoms with Crippen molar-refractivity contribution in [3.63, 3.8) is 0 Å². The van der Waals surface area contributed by atoms with E-state index < -0.39 is 5.97 Å². The van der Waals surface area contributed by atoms with E-state index in [1.54, 1.807) is 0 Å². The first kappa shape index (κ1) is 17.2. The van der Waals surface area contributed by atoms with Crippen molar-refractivity contribution in [1.29, 1.82) is 0 Å². The third-order valence-electron chi connectivity index (χ3n) is 3.07. The molecule has 18 heavy (non-hydrogen) atoms. The lowest BCUT2D eigenvalue weighted by Crippen LogP contribution is -1.93. The van der Waals surface area contributed by atoms with Crippen molar-refractivity contribution in [2.45, 2.75) is 71.1 Å². The summed E-state index contributed by atoms with van der Waals surface area (Å²) in [4.78, 5) is 10.3. The van der Waals surface area contributed by atoms with Gasteiger partial charge in [0.2, 0.25) is 0 Å². The highest BCUT2D eigenvalue weighted by Gasteiger charge is 1.96. The molecule has 3 nitrogen and oxygen atoms in total. The molecular formula is C15H28O3. The van der Waals surface area contributed by atoms with Crippen LogP contribution < -0.4 is 0 Å². The Balaban J connectivity index is 3.34. The molecule has 3 heteroatoms. The molecule has 0 aliphatic carbocycles. The van der Waals surface area contributed by atoms with E-state index in [0.717, 1.165) is 38.5 Å². The Morgan fingerprint density at radius 3 is 2.22 bits per heavy atom. The standard InChI is InChI=1S/C15H28O3/c1-14(10-6-3-2-4-9-13-16)11-7-5-8-12-15(17)18/h11,16H,2-10,12-13H2,1H3,(H,17,18). The Kier molecular flexibility index (Phi) is 12.0. The van der Waals surface area contributed by atoms with Crippen LogP contribution in [0.15, 0.2) is 11.6 Å². The zero-order valence-corrected chi connectivity index (χ0v) is 11.7. The van der Waals surface area contributed by atoms with Gasteiger partial charge in [0.15, 0.2) is 0 Å². The summed E-state index contributed by atoms with van der Waals surface area (Å²) in [5, 5.41) is 17.1. The van der Waals surface area contributed by atoms with Gasteiger partial charge >= 0.3 is 5.97 Å². The molecule has 0 saturated carbocycles. The van der Waals surface area contributed by atoms with Crippen LogP contribution in [0, 0.1) is 0 Å². The maximum atomic E-state index is 10.3. The van der Waals surface area contributed by atoms with Crippen molar-refractivity contribution < 1.29 is 15.0 Å². The van der Waals surface area contributed by atoms with Crippen molar-refractivity contribution in [3.8, 4) is 0 Å². The van der Waals surface area contributed by atoms with Gasteiger partial charge in [-0.05, 0) is 45.4 Å². The molecule has 0 aliphatic rings. The summed E-state index contributed by atoms with van der Waals surface area (Å²) < 4.78 is 0. The Morgan fingerprint density at radius 2 is 1.56 bits per heavy atom. The number of carboxylic acid groups (broad SMARTS) is 1. The summed E-state index contributed by atoms with van der Waals surface area (Å²) in [6, 6.07) is 0. The van der Waals surface area contributed by atoms with Crippen LogP contribution in [-0.2, 0) is 4.79 Å². The number of carboxylic acids is 1. The van der Waals surface area contributed by atoms with E-state index in [2.05, 4.69) is 13.0 Å². The molecule has 0 aromatic heterocycles. The van der Waals surface area contributed by atoms with E-state index in [9.17, 15) is 4.79 Å². The van der Waals surface area contributed by atoms with E-state index >= 15 is 0 Å². The zero-order chi connectivity index (χ0) is 13.6. The van der Waals surface area contributed by atoms with Gasteiger partial charge in [-0.15, -0.1) is 0 Å². The Hall–Kier alpha value is -0.830. The lowest BCUT2D eigenvalue weighted by molar-refractivity contribution is -0.137. The molecule has 0 amide bonds. The first-order chi connectivity index (χ1) is 8.66. The van der Waals surface area contributed by atoms with Crippen molar-refractivity contribution in [3.05, 3.63) is 11.6 Å². The number of hydrogen-bond donors (Lipinski definition) is 2. The van der Waals surface area contributed by atoms with Gasteiger partial charge in [-0.2, -0.15) is 0 Å². The van der Waals surface area contributed by atoms with Crippen LogP contribution in [0.1, 0.15) is 71.1 Å². The number of carbonyl (C=O) groups is 1. The number of allylic oxidation sites excluding steroid dienone is 2. The molecule has 0 radical (unpaired) electrons. The van der Waals surface area contributed by atoms with Crippen LogP contribution in [0.25, 0.3) is 0 Å². The molecule has 0 aromatic rings. The Labute approximate surface area is 111 Å². The molecule has 106 valence electrons. The number of aliphatic hydroxyl groups is 1. The largest absolute Gasteiger partial charge is 0.481 e. The predicted molar refractivity (Wildman–Crippen MR) is 74.6 cm³/mol. The minimum absolute atomic E-state index is 0.289. The fourth-order valence-corrected chi connectivity index (χ4v) is 1.92. The van der Waals surface area contributed by atoms with Gasteiger partial charge in [0.25, 0.3) is 0 Å². The van der Waals surface area contributed by atoms with Crippen LogP contribution >= 0.6 is 0 Å². The summed E-state index contributed by atoms with van der Waals surface area (Å²) in [6.07, 6.45) is 12.2. The van der Waals surface area contributed by atoms with Gasteiger partial charge in [-0.1, -0.05) is 30.9 Å². The van der Waals surface area contributed by atoms with Crippen molar-refractivity contribution in [1.82, 2.24) is 0 Å². The fraction of sp³-hybridized carbons (Fsp3) is 0.800. The van der Waals surface area contributed by atoms with Crippen LogP contribution in [-0.4, -0.2) is 22.8 Å². The quantitative estimate of drug-likeness (QED) is 0.411. The number of aliphatic hydroxyl groups excluding tert-OH is 1. The predicted octanol–water partition coefficient (Wildman–Crippen LogP) is 3.91. The van der Waals surface area contributed by atoms with Gasteiger partial charge in [0.05, 0.1) is 0 Å². The number of unbranched alkanes of at least 4 members (excludes halogenated alkanes) is 6. The topological polar surface area (TPSA) is 57.5 Å². The summed E-state index contributed by atoms with van der Waals surface area (Å²) >= 11 is 0. The highest BCUT2D eigenvalue weighted by Crippen LogP contribution is 2.12. The molecular weight excluding hydrogens is 228 g/mol. The summed E-state index contributed by atoms with van der Waals surface area (Å²) in [7, 11) is 0. The highest BCUT2D eigenvalue weighted by molar-refractivity contribution is 5.66. The minimum atomic E-state index is -0.696. The second-order valence-corrected chi connectivity index (χ2v) is 4.93. The van der Waals surface area contributed by atoms with Gasteiger partial charge in [-0.25, -0.2) is 0 Å². The summed E-state index contributed by atoms with van der Waals surface area (Å²) in [6.45, 7) is 2.47. The van der Waals surface area contributed by atoms with Crippen LogP contribution in [0.2, 0.25) is 0 Å². The number of rotatable bonds is 12. The first-order valence-electron chi connectivity index (χ1n) is 7.15. The van der Waals surface area contributed by atoms with Gasteiger partial charge in [-0.3, -0.25) is 4.79 Å². The van der Waals surface area contributed by atoms with Crippen molar-refractivity contribution >= 4 is 5.97 Å². The molecule has 0 saturated heterocycles.